The van der Waals surface area contributed by atoms with Crippen molar-refractivity contribution < 1.29 is 0 Å². The van der Waals surface area contributed by atoms with Gasteiger partial charge in [-0.15, -0.1) is 0 Å². The molecule has 48 heavy (non-hydrogen) atoms. The van der Waals surface area contributed by atoms with Crippen molar-refractivity contribution in [3.8, 4) is 0 Å². The topological polar surface area (TPSA) is 160 Å². The Labute approximate surface area is 286 Å². The van der Waals surface area contributed by atoms with Crippen LogP contribution in [0.15, 0.2) is 0 Å². The SMILES string of the molecule is CCCCCNc1nc2nc(n1)N1CCN(CC1)c1nc(NCC(C)C)nc(n1)N1CCN(CC1)c1nc(Cl)nc(n1)N1CCN2CC1. The molecule has 0 atom stereocenters. The maximum atomic E-state index is 6.48. The summed E-state index contributed by atoms with van der Waals surface area (Å²) in [6.07, 6.45) is 3.39. The molecule has 3 aromatic rings. The molecule has 0 amide bonds. The van der Waals surface area contributed by atoms with E-state index < -0.39 is 0 Å². The van der Waals surface area contributed by atoms with Gasteiger partial charge in [0.05, 0.1) is 0 Å². The first-order valence-electron chi connectivity index (χ1n) is 17.3. The molecule has 0 unspecified atom stereocenters. The summed E-state index contributed by atoms with van der Waals surface area (Å²) in [6, 6.07) is 0. The second-order valence-corrected chi connectivity index (χ2v) is 13.4. The molecule has 0 radical (unpaired) electrons. The van der Waals surface area contributed by atoms with Crippen molar-refractivity contribution in [3.63, 3.8) is 0 Å². The van der Waals surface area contributed by atoms with Crippen molar-refractivity contribution in [1.29, 1.82) is 0 Å². The lowest BCUT2D eigenvalue weighted by Gasteiger charge is -2.36. The second-order valence-electron chi connectivity index (χ2n) is 13.1. The second kappa shape index (κ2) is 14.5. The maximum Gasteiger partial charge on any atom is 0.232 e. The summed E-state index contributed by atoms with van der Waals surface area (Å²) < 4.78 is 0. The number of fused-ring (bicyclic) bond motifs is 3. The minimum absolute atomic E-state index is 0.195. The van der Waals surface area contributed by atoms with Crippen LogP contribution in [-0.2, 0) is 0 Å². The van der Waals surface area contributed by atoms with Gasteiger partial charge in [-0.25, -0.2) is 0 Å². The number of rotatable bonds is 8. The molecule has 0 saturated carbocycles. The van der Waals surface area contributed by atoms with E-state index in [0.29, 0.717) is 92.8 Å². The van der Waals surface area contributed by atoms with Gasteiger partial charge in [0.1, 0.15) is 0 Å². The number of hydrogen-bond acceptors (Lipinski definition) is 17. The standard InChI is InChI=1S/C30H46ClN17/c1-4-5-6-7-32-23-36-27-41-28(37-23)46-16-18-48(19-17-46)30-39-24(33-20-21(2)3)38-29(42-30)47-14-10-44(11-15-47)26-35-22(31)34-25(40-26)43-8-12-45(27)13-9-43/h21H,4-20H2,1-3H3,(H,32,36,37,41)(H,33,38,39,42). The van der Waals surface area contributed by atoms with Crippen LogP contribution in [-0.4, -0.2) is 136 Å². The van der Waals surface area contributed by atoms with Gasteiger partial charge in [-0.1, -0.05) is 33.6 Å². The zero-order valence-electron chi connectivity index (χ0n) is 28.2. The number of nitrogens with one attached hydrogen (secondary N) is 2. The van der Waals surface area contributed by atoms with Crippen LogP contribution >= 0.6 is 11.6 Å². The fourth-order valence-corrected chi connectivity index (χ4v) is 6.39. The molecular weight excluding hydrogens is 634 g/mol. The van der Waals surface area contributed by atoms with Gasteiger partial charge in [0.25, 0.3) is 0 Å². The van der Waals surface area contributed by atoms with Crippen LogP contribution in [0.1, 0.15) is 40.0 Å². The molecule has 10 rings (SSSR count). The average molecular weight is 680 g/mol. The van der Waals surface area contributed by atoms with Crippen LogP contribution in [0.3, 0.4) is 0 Å². The van der Waals surface area contributed by atoms with E-state index in [4.69, 9.17) is 46.5 Å². The average Bonchev–Trinajstić information content (AvgIpc) is 3.12. The predicted octanol–water partition coefficient (Wildman–Crippen LogP) is 1.86. The lowest BCUT2D eigenvalue weighted by atomic mass is 10.2. The molecule has 258 valence electrons. The van der Waals surface area contributed by atoms with Gasteiger partial charge >= 0.3 is 0 Å². The molecule has 0 aliphatic carbocycles. The lowest BCUT2D eigenvalue weighted by molar-refractivity contribution is 0.611. The van der Waals surface area contributed by atoms with E-state index in [2.05, 4.69) is 70.8 Å². The van der Waals surface area contributed by atoms with Crippen molar-refractivity contribution in [2.24, 2.45) is 5.92 Å². The Morgan fingerprint density at radius 3 is 1.17 bits per heavy atom. The summed E-state index contributed by atoms with van der Waals surface area (Å²) >= 11 is 6.48. The van der Waals surface area contributed by atoms with Crippen molar-refractivity contribution in [2.45, 2.75) is 40.0 Å². The third kappa shape index (κ3) is 7.39. The number of aromatic nitrogens is 9. The predicted molar refractivity (Wildman–Crippen MR) is 189 cm³/mol. The zero-order chi connectivity index (χ0) is 33.0. The summed E-state index contributed by atoms with van der Waals surface area (Å²) in [4.78, 5) is 56.6. The summed E-state index contributed by atoms with van der Waals surface area (Å²) in [5.41, 5.74) is 0. The highest BCUT2D eigenvalue weighted by Crippen LogP contribution is 2.26. The highest BCUT2D eigenvalue weighted by molar-refractivity contribution is 6.28. The van der Waals surface area contributed by atoms with E-state index in [-0.39, 0.29) is 5.28 Å². The number of piperazine rings is 3. The Morgan fingerprint density at radius 2 is 0.833 bits per heavy atom. The molecule has 10 heterocycles. The van der Waals surface area contributed by atoms with Crippen LogP contribution < -0.4 is 40.0 Å². The molecule has 2 N–H and O–H groups in total. The van der Waals surface area contributed by atoms with E-state index in [1.165, 1.54) is 0 Å². The third-order valence-electron chi connectivity index (χ3n) is 9.08. The van der Waals surface area contributed by atoms with Crippen LogP contribution in [0.2, 0.25) is 5.28 Å². The molecule has 7 aliphatic heterocycles. The molecule has 3 fully saturated rings. The van der Waals surface area contributed by atoms with Gasteiger partial charge in [0.15, 0.2) is 0 Å². The van der Waals surface area contributed by atoms with Crippen molar-refractivity contribution in [2.75, 3.05) is 132 Å². The Morgan fingerprint density at radius 1 is 0.500 bits per heavy atom. The smallest absolute Gasteiger partial charge is 0.232 e. The first-order valence-corrected chi connectivity index (χ1v) is 17.7. The van der Waals surface area contributed by atoms with Gasteiger partial charge in [0, 0.05) is 91.6 Å². The van der Waals surface area contributed by atoms with Crippen molar-refractivity contribution in [1.82, 2.24) is 44.9 Å². The first-order chi connectivity index (χ1) is 23.4. The highest BCUT2D eigenvalue weighted by Gasteiger charge is 2.29. The molecule has 0 spiro atoms. The van der Waals surface area contributed by atoms with E-state index in [1.54, 1.807) is 0 Å². The Kier molecular flexibility index (Phi) is 9.72. The number of anilines is 8. The molecule has 7 aliphatic rings. The van der Waals surface area contributed by atoms with E-state index in [9.17, 15) is 0 Å². The zero-order valence-corrected chi connectivity index (χ0v) is 28.9. The number of hydrogen-bond donors (Lipinski definition) is 2. The number of halogens is 1. The molecule has 3 aromatic heterocycles. The molecule has 3 saturated heterocycles. The number of unbranched alkanes of at least 4 members (excludes halogenated alkanes) is 2. The first kappa shape index (κ1) is 32.3. The van der Waals surface area contributed by atoms with Crippen molar-refractivity contribution >= 4 is 59.2 Å². The van der Waals surface area contributed by atoms with Crippen LogP contribution in [0.5, 0.6) is 0 Å². The molecule has 17 nitrogen and oxygen atoms in total. The summed E-state index contributed by atoms with van der Waals surface area (Å²) in [7, 11) is 0. The Balaban J connectivity index is 1.22. The normalized spacial score (nSPS) is 17.8. The maximum absolute atomic E-state index is 6.48. The molecular formula is C30H46ClN17. The van der Waals surface area contributed by atoms with Gasteiger partial charge in [-0.05, 0) is 23.9 Å². The van der Waals surface area contributed by atoms with Crippen molar-refractivity contribution in [3.05, 3.63) is 5.28 Å². The summed E-state index contributed by atoms with van der Waals surface area (Å²) in [5, 5.41) is 7.09. The van der Waals surface area contributed by atoms with Gasteiger partial charge in [0.2, 0.25) is 52.9 Å². The minimum atomic E-state index is 0.195. The van der Waals surface area contributed by atoms with Crippen LogP contribution in [0, 0.1) is 5.92 Å². The third-order valence-corrected chi connectivity index (χ3v) is 9.25. The van der Waals surface area contributed by atoms with Crippen LogP contribution in [0.4, 0.5) is 47.6 Å². The number of nitrogens with zero attached hydrogens (tertiary/aromatic N) is 15. The molecule has 0 aromatic carbocycles. The lowest BCUT2D eigenvalue weighted by Crippen LogP contribution is -2.49. The fraction of sp³-hybridized carbons (Fsp3) is 0.700. The Hall–Kier alpha value is -4.28. The van der Waals surface area contributed by atoms with E-state index >= 15 is 0 Å². The van der Waals surface area contributed by atoms with E-state index in [1.807, 2.05) is 0 Å². The Bertz CT molecular complexity index is 1530. The van der Waals surface area contributed by atoms with Crippen LogP contribution in [0.25, 0.3) is 0 Å². The van der Waals surface area contributed by atoms with E-state index in [0.717, 1.165) is 71.6 Å². The molecule has 12 bridgehead atoms. The largest absolute Gasteiger partial charge is 0.354 e. The summed E-state index contributed by atoms with van der Waals surface area (Å²) in [5.74, 6) is 5.57. The van der Waals surface area contributed by atoms with Gasteiger partial charge < -0.3 is 40.0 Å². The molecule has 18 heteroatoms. The van der Waals surface area contributed by atoms with Gasteiger partial charge in [-0.3, -0.25) is 0 Å². The quantitative estimate of drug-likeness (QED) is 0.332. The fourth-order valence-electron chi connectivity index (χ4n) is 6.23. The minimum Gasteiger partial charge on any atom is -0.354 e. The highest BCUT2D eigenvalue weighted by atomic mass is 35.5. The summed E-state index contributed by atoms with van der Waals surface area (Å²) in [6.45, 7) is 16.8. The monoisotopic (exact) mass is 679 g/mol. The van der Waals surface area contributed by atoms with Gasteiger partial charge in [-0.2, -0.15) is 44.9 Å².